The number of hydrogen-bond acceptors (Lipinski definition) is 3. The zero-order chi connectivity index (χ0) is 25.1. The molecule has 0 bridgehead atoms. The maximum Gasteiger partial charge on any atom is 0.278 e. The summed E-state index contributed by atoms with van der Waals surface area (Å²) >= 11 is 0. The second-order valence-corrected chi connectivity index (χ2v) is 9.44. The highest BCUT2D eigenvalue weighted by atomic mass is 19.1. The third-order valence-electron chi connectivity index (χ3n) is 6.93. The number of pyridine rings is 1. The number of benzene rings is 2. The van der Waals surface area contributed by atoms with Crippen molar-refractivity contribution in [2.75, 3.05) is 44.7 Å². The first-order valence-electron chi connectivity index (χ1n) is 12.1. The molecule has 2 aromatic carbocycles. The third kappa shape index (κ3) is 5.06. The van der Waals surface area contributed by atoms with E-state index >= 15 is 0 Å². The zero-order valence-electron chi connectivity index (χ0n) is 20.3. The maximum absolute atomic E-state index is 13.6. The van der Waals surface area contributed by atoms with Gasteiger partial charge < -0.3 is 9.80 Å². The second kappa shape index (κ2) is 10.0. The Morgan fingerprint density at radius 3 is 2.14 bits per heavy atom. The van der Waals surface area contributed by atoms with E-state index in [0.717, 1.165) is 41.3 Å². The highest BCUT2D eigenvalue weighted by Gasteiger charge is 2.36. The Balaban J connectivity index is 1.38. The molecule has 0 radical (unpaired) electrons. The standard InChI is InChI=1S/C29H29F2N4O/c1-35(21-29(36)34-18-16-33(17-19-34)28-4-2-3-15-32-28)20-24(22-5-10-25(30)11-6-22)9-14-27(35)23-7-12-26(31)13-8-23/h2-8,10-15,20H,9,16-19,21H2,1H3/q+1. The van der Waals surface area contributed by atoms with Gasteiger partial charge in [-0.1, -0.05) is 18.2 Å². The fourth-order valence-corrected chi connectivity index (χ4v) is 5.01. The first kappa shape index (κ1) is 23.9. The first-order valence-corrected chi connectivity index (χ1v) is 12.1. The van der Waals surface area contributed by atoms with E-state index in [9.17, 15) is 13.6 Å². The number of carbonyl (C=O) groups excluding carboxylic acids is 1. The number of allylic oxidation sites excluding steroid dienone is 2. The molecule has 7 heteroatoms. The predicted octanol–water partition coefficient (Wildman–Crippen LogP) is 4.94. The van der Waals surface area contributed by atoms with Gasteiger partial charge >= 0.3 is 0 Å². The van der Waals surface area contributed by atoms with Crippen molar-refractivity contribution in [1.29, 1.82) is 0 Å². The SMILES string of the molecule is C[N+]1(CC(=O)N2CCN(c3ccccn3)CC2)C=C(c2ccc(F)cc2)CC=C1c1ccc(F)cc1. The van der Waals surface area contributed by atoms with Crippen LogP contribution >= 0.6 is 0 Å². The van der Waals surface area contributed by atoms with Crippen molar-refractivity contribution in [3.8, 4) is 0 Å². The quantitative estimate of drug-likeness (QED) is 0.479. The number of carbonyl (C=O) groups is 1. The highest BCUT2D eigenvalue weighted by Crippen LogP contribution is 2.36. The van der Waals surface area contributed by atoms with Gasteiger partial charge in [0.15, 0.2) is 6.54 Å². The molecule has 3 heterocycles. The Morgan fingerprint density at radius 1 is 0.889 bits per heavy atom. The minimum atomic E-state index is -0.297. The van der Waals surface area contributed by atoms with Crippen LogP contribution in [0.1, 0.15) is 17.5 Å². The van der Waals surface area contributed by atoms with Crippen molar-refractivity contribution >= 4 is 23.0 Å². The van der Waals surface area contributed by atoms with E-state index in [1.807, 2.05) is 30.1 Å². The van der Waals surface area contributed by atoms with Gasteiger partial charge in [-0.3, -0.25) is 9.28 Å². The molecule has 1 atom stereocenters. The van der Waals surface area contributed by atoms with Gasteiger partial charge in [0.1, 0.15) is 29.3 Å². The number of amides is 1. The molecule has 1 amide bonds. The van der Waals surface area contributed by atoms with E-state index in [-0.39, 0.29) is 28.6 Å². The number of hydrogen-bond donors (Lipinski definition) is 0. The number of quaternary nitrogens is 1. The molecule has 184 valence electrons. The molecular weight excluding hydrogens is 458 g/mol. The Morgan fingerprint density at radius 2 is 1.53 bits per heavy atom. The molecule has 2 aliphatic rings. The largest absolute Gasteiger partial charge is 0.353 e. The van der Waals surface area contributed by atoms with Crippen molar-refractivity contribution in [1.82, 2.24) is 9.88 Å². The first-order chi connectivity index (χ1) is 17.4. The summed E-state index contributed by atoms with van der Waals surface area (Å²) < 4.78 is 27.4. The number of halogens is 2. The van der Waals surface area contributed by atoms with Gasteiger partial charge in [-0.25, -0.2) is 13.8 Å². The van der Waals surface area contributed by atoms with E-state index < -0.39 is 0 Å². The number of nitrogens with zero attached hydrogens (tertiary/aromatic N) is 4. The van der Waals surface area contributed by atoms with Crippen molar-refractivity contribution in [3.63, 3.8) is 0 Å². The lowest BCUT2D eigenvalue weighted by atomic mass is 9.96. The average Bonchev–Trinajstić information content (AvgIpc) is 2.90. The van der Waals surface area contributed by atoms with Crippen LogP contribution in [-0.2, 0) is 4.79 Å². The van der Waals surface area contributed by atoms with Gasteiger partial charge in [0.05, 0.1) is 7.05 Å². The molecular formula is C29H29F2N4O+. The Kier molecular flexibility index (Phi) is 6.65. The van der Waals surface area contributed by atoms with E-state index in [1.54, 1.807) is 30.5 Å². The smallest absolute Gasteiger partial charge is 0.278 e. The predicted molar refractivity (Wildman–Crippen MR) is 137 cm³/mol. The van der Waals surface area contributed by atoms with E-state index in [1.165, 1.54) is 24.3 Å². The maximum atomic E-state index is 13.6. The van der Waals surface area contributed by atoms with Crippen LogP contribution in [0.2, 0.25) is 0 Å². The summed E-state index contributed by atoms with van der Waals surface area (Å²) in [5.74, 6) is 0.402. The summed E-state index contributed by atoms with van der Waals surface area (Å²) in [6.45, 7) is 2.93. The van der Waals surface area contributed by atoms with Gasteiger partial charge in [-0.05, 0) is 60.2 Å². The number of likely N-dealkylation sites (N-methyl/N-ethyl adjacent to an activating group) is 1. The van der Waals surface area contributed by atoms with Gasteiger partial charge in [0, 0.05) is 49.9 Å². The summed E-state index contributed by atoms with van der Waals surface area (Å²) in [5.41, 5.74) is 3.77. The molecule has 2 aliphatic heterocycles. The van der Waals surface area contributed by atoms with Gasteiger partial charge in [-0.15, -0.1) is 0 Å². The Labute approximate surface area is 210 Å². The molecule has 0 spiro atoms. The molecule has 0 N–H and O–H groups in total. The summed E-state index contributed by atoms with van der Waals surface area (Å²) in [6.07, 6.45) is 6.60. The number of anilines is 1. The summed E-state index contributed by atoms with van der Waals surface area (Å²) in [6, 6.07) is 18.7. The second-order valence-electron chi connectivity index (χ2n) is 9.44. The van der Waals surface area contributed by atoms with Gasteiger partial charge in [0.25, 0.3) is 5.91 Å². The normalized spacial score (nSPS) is 20.1. The molecule has 5 nitrogen and oxygen atoms in total. The van der Waals surface area contributed by atoms with Crippen LogP contribution in [0, 0.1) is 11.6 Å². The Hall–Kier alpha value is -3.84. The number of piperazine rings is 1. The van der Waals surface area contributed by atoms with Crippen LogP contribution in [0.5, 0.6) is 0 Å². The van der Waals surface area contributed by atoms with Crippen molar-refractivity contribution in [3.05, 3.63) is 108 Å². The summed E-state index contributed by atoms with van der Waals surface area (Å²) in [4.78, 5) is 22.1. The topological polar surface area (TPSA) is 36.4 Å². The molecule has 36 heavy (non-hydrogen) atoms. The zero-order valence-corrected chi connectivity index (χ0v) is 20.3. The molecule has 1 unspecified atom stereocenters. The minimum Gasteiger partial charge on any atom is -0.353 e. The molecule has 0 aliphatic carbocycles. The van der Waals surface area contributed by atoms with Gasteiger partial charge in [0.2, 0.25) is 0 Å². The fraction of sp³-hybridized carbons (Fsp3) is 0.241. The molecule has 1 saturated heterocycles. The third-order valence-corrected chi connectivity index (χ3v) is 6.93. The summed E-state index contributed by atoms with van der Waals surface area (Å²) in [5, 5.41) is 0. The lowest BCUT2D eigenvalue weighted by molar-refractivity contribution is -0.777. The van der Waals surface area contributed by atoms with Gasteiger partial charge in [-0.2, -0.15) is 0 Å². The molecule has 3 aromatic rings. The minimum absolute atomic E-state index is 0.0581. The highest BCUT2D eigenvalue weighted by molar-refractivity contribution is 5.80. The average molecular weight is 488 g/mol. The van der Waals surface area contributed by atoms with Crippen LogP contribution in [0.3, 0.4) is 0 Å². The lowest BCUT2D eigenvalue weighted by Crippen LogP contribution is -2.53. The number of aromatic nitrogens is 1. The van der Waals surface area contributed by atoms with E-state index in [4.69, 9.17) is 0 Å². The number of rotatable bonds is 5. The van der Waals surface area contributed by atoms with Crippen LogP contribution in [-0.4, -0.2) is 60.0 Å². The lowest BCUT2D eigenvalue weighted by Gasteiger charge is -2.39. The van der Waals surface area contributed by atoms with E-state index in [2.05, 4.69) is 22.2 Å². The van der Waals surface area contributed by atoms with Crippen LogP contribution in [0.4, 0.5) is 14.6 Å². The van der Waals surface area contributed by atoms with E-state index in [0.29, 0.717) is 19.5 Å². The molecule has 1 fully saturated rings. The Bertz CT molecular complexity index is 1280. The fourth-order valence-electron chi connectivity index (χ4n) is 5.01. The van der Waals surface area contributed by atoms with Crippen LogP contribution in [0.25, 0.3) is 11.3 Å². The molecule has 5 rings (SSSR count). The van der Waals surface area contributed by atoms with Crippen molar-refractivity contribution in [2.45, 2.75) is 6.42 Å². The monoisotopic (exact) mass is 487 g/mol. The molecule has 1 aromatic heterocycles. The molecule has 0 saturated carbocycles. The van der Waals surface area contributed by atoms with Crippen LogP contribution in [0.15, 0.2) is 85.2 Å². The summed E-state index contributed by atoms with van der Waals surface area (Å²) in [7, 11) is 2.00. The van der Waals surface area contributed by atoms with Crippen LogP contribution < -0.4 is 4.90 Å². The van der Waals surface area contributed by atoms with Crippen molar-refractivity contribution in [2.24, 2.45) is 0 Å². The van der Waals surface area contributed by atoms with Crippen molar-refractivity contribution < 1.29 is 18.1 Å².